The number of amides is 3. The first-order valence-electron chi connectivity index (χ1n) is 9.67. The van der Waals surface area contributed by atoms with Crippen LogP contribution >= 0.6 is 0 Å². The molecule has 0 spiro atoms. The Kier molecular flexibility index (Phi) is 5.46. The lowest BCUT2D eigenvalue weighted by Crippen LogP contribution is -2.50. The fourth-order valence-corrected chi connectivity index (χ4v) is 3.65. The van der Waals surface area contributed by atoms with E-state index in [0.717, 1.165) is 12.1 Å². The third kappa shape index (κ3) is 4.08. The first-order chi connectivity index (χ1) is 14.2. The van der Waals surface area contributed by atoms with Gasteiger partial charge in [0.15, 0.2) is 5.76 Å². The number of hydrogen-bond donors (Lipinski definition) is 0. The van der Waals surface area contributed by atoms with Gasteiger partial charge in [-0.1, -0.05) is 0 Å². The van der Waals surface area contributed by atoms with E-state index in [2.05, 4.69) is 9.88 Å². The van der Waals surface area contributed by atoms with Crippen LogP contribution in [0.25, 0.3) is 0 Å². The maximum Gasteiger partial charge on any atom is 0.289 e. The van der Waals surface area contributed by atoms with Crippen molar-refractivity contribution in [1.82, 2.24) is 19.7 Å². The highest BCUT2D eigenvalue weighted by molar-refractivity contribution is 5.95. The van der Waals surface area contributed by atoms with Crippen molar-refractivity contribution in [3.8, 4) is 0 Å². The summed E-state index contributed by atoms with van der Waals surface area (Å²) in [5.74, 6) is 0.0764. The van der Waals surface area contributed by atoms with Crippen LogP contribution in [0.5, 0.6) is 0 Å². The number of piperazine rings is 2. The predicted molar refractivity (Wildman–Crippen MR) is 105 cm³/mol. The van der Waals surface area contributed by atoms with Crippen molar-refractivity contribution in [3.05, 3.63) is 48.2 Å². The highest BCUT2D eigenvalue weighted by atomic mass is 16.3. The molecule has 2 aliphatic rings. The fraction of sp³-hybridized carbons (Fsp3) is 0.400. The Bertz CT molecular complexity index is 869. The van der Waals surface area contributed by atoms with Crippen LogP contribution in [0.1, 0.15) is 20.9 Å². The Balaban J connectivity index is 1.37. The summed E-state index contributed by atoms with van der Waals surface area (Å²) in [6.45, 7) is 4.61. The number of carbonyl (C=O) groups excluding carboxylic acids is 3. The highest BCUT2D eigenvalue weighted by Gasteiger charge is 2.27. The zero-order chi connectivity index (χ0) is 20.2. The van der Waals surface area contributed by atoms with Crippen LogP contribution in [0.15, 0.2) is 41.3 Å². The van der Waals surface area contributed by atoms with E-state index >= 15 is 0 Å². The molecule has 0 radical (unpaired) electrons. The second-order valence-electron chi connectivity index (χ2n) is 7.12. The molecule has 2 fully saturated rings. The van der Waals surface area contributed by atoms with Crippen LogP contribution in [0.4, 0.5) is 5.69 Å². The van der Waals surface area contributed by atoms with E-state index < -0.39 is 0 Å². The molecule has 0 unspecified atom stereocenters. The second-order valence-corrected chi connectivity index (χ2v) is 7.12. The van der Waals surface area contributed by atoms with E-state index in [-0.39, 0.29) is 11.8 Å². The van der Waals surface area contributed by atoms with Gasteiger partial charge in [-0.05, 0) is 18.2 Å². The van der Waals surface area contributed by atoms with Gasteiger partial charge in [-0.2, -0.15) is 0 Å². The predicted octanol–water partition coefficient (Wildman–Crippen LogP) is 0.551. The summed E-state index contributed by atoms with van der Waals surface area (Å²) in [5, 5.41) is 0. The van der Waals surface area contributed by atoms with Crippen LogP contribution in [-0.2, 0) is 4.79 Å². The van der Waals surface area contributed by atoms with Crippen LogP contribution < -0.4 is 4.90 Å². The summed E-state index contributed by atoms with van der Waals surface area (Å²) in [6, 6.07) is 5.18. The molecule has 4 heterocycles. The van der Waals surface area contributed by atoms with Gasteiger partial charge in [0.1, 0.15) is 0 Å². The Morgan fingerprint density at radius 3 is 2.24 bits per heavy atom. The minimum atomic E-state index is -0.153. The summed E-state index contributed by atoms with van der Waals surface area (Å²) in [7, 11) is 0. The lowest BCUT2D eigenvalue weighted by molar-refractivity contribution is -0.118. The van der Waals surface area contributed by atoms with Gasteiger partial charge in [0, 0.05) is 58.6 Å². The van der Waals surface area contributed by atoms with E-state index in [0.29, 0.717) is 63.7 Å². The monoisotopic (exact) mass is 397 g/mol. The molecule has 0 N–H and O–H groups in total. The minimum absolute atomic E-state index is 0.0871. The second kappa shape index (κ2) is 8.34. The van der Waals surface area contributed by atoms with Gasteiger partial charge >= 0.3 is 0 Å². The summed E-state index contributed by atoms with van der Waals surface area (Å²) in [5.41, 5.74) is 1.42. The highest BCUT2D eigenvalue weighted by Crippen LogP contribution is 2.18. The van der Waals surface area contributed by atoms with Crippen LogP contribution in [0, 0.1) is 0 Å². The maximum atomic E-state index is 12.9. The first-order valence-corrected chi connectivity index (χ1v) is 9.67. The molecule has 2 aromatic heterocycles. The standard InChI is InChI=1S/C20H23N5O4/c26-15-22-3-5-23(6-4-22)17-12-16(13-21-14-17)19(27)24-7-9-25(10-8-24)20(28)18-2-1-11-29-18/h1-2,11-15H,3-10H2. The number of furan rings is 1. The van der Waals surface area contributed by atoms with E-state index in [1.807, 2.05) is 6.07 Å². The average molecular weight is 397 g/mol. The largest absolute Gasteiger partial charge is 0.459 e. The third-order valence-electron chi connectivity index (χ3n) is 5.39. The fourth-order valence-electron chi connectivity index (χ4n) is 3.65. The number of aromatic nitrogens is 1. The minimum Gasteiger partial charge on any atom is -0.459 e. The summed E-state index contributed by atoms with van der Waals surface area (Å²) >= 11 is 0. The maximum absolute atomic E-state index is 12.9. The van der Waals surface area contributed by atoms with Crippen molar-refractivity contribution in [2.45, 2.75) is 0 Å². The van der Waals surface area contributed by atoms with Crippen LogP contribution in [0.3, 0.4) is 0 Å². The molecular formula is C20H23N5O4. The average Bonchev–Trinajstić information content (AvgIpc) is 3.33. The summed E-state index contributed by atoms with van der Waals surface area (Å²) in [4.78, 5) is 47.7. The van der Waals surface area contributed by atoms with Crippen molar-refractivity contribution in [2.75, 3.05) is 57.3 Å². The Labute approximate surface area is 168 Å². The number of nitrogens with zero attached hydrogens (tertiary/aromatic N) is 5. The van der Waals surface area contributed by atoms with Crippen LogP contribution in [-0.4, -0.2) is 90.3 Å². The molecular weight excluding hydrogens is 374 g/mol. The van der Waals surface area contributed by atoms with Gasteiger partial charge in [0.05, 0.1) is 23.7 Å². The lowest BCUT2D eigenvalue weighted by Gasteiger charge is -2.35. The van der Waals surface area contributed by atoms with Gasteiger partial charge in [0.2, 0.25) is 6.41 Å². The molecule has 2 aliphatic heterocycles. The molecule has 2 saturated heterocycles. The molecule has 0 aromatic carbocycles. The van der Waals surface area contributed by atoms with Gasteiger partial charge in [-0.15, -0.1) is 0 Å². The lowest BCUT2D eigenvalue weighted by atomic mass is 10.2. The molecule has 152 valence electrons. The molecule has 9 heteroatoms. The molecule has 3 amide bonds. The Hall–Kier alpha value is -3.36. The molecule has 0 saturated carbocycles. The summed E-state index contributed by atoms with van der Waals surface area (Å²) in [6.07, 6.45) is 5.67. The molecule has 0 aliphatic carbocycles. The third-order valence-corrected chi connectivity index (χ3v) is 5.39. The molecule has 9 nitrogen and oxygen atoms in total. The van der Waals surface area contributed by atoms with Gasteiger partial charge in [-0.3, -0.25) is 19.4 Å². The SMILES string of the molecule is O=CN1CCN(c2cncc(C(=O)N3CCN(C(=O)c4ccco4)CC3)c2)CC1. The first kappa shape index (κ1) is 19.0. The van der Waals surface area contributed by atoms with Crippen molar-refractivity contribution < 1.29 is 18.8 Å². The molecule has 0 atom stereocenters. The smallest absolute Gasteiger partial charge is 0.289 e. The topological polar surface area (TPSA) is 90.2 Å². The summed E-state index contributed by atoms with van der Waals surface area (Å²) < 4.78 is 5.17. The zero-order valence-electron chi connectivity index (χ0n) is 16.1. The van der Waals surface area contributed by atoms with Crippen LogP contribution in [0.2, 0.25) is 0 Å². The molecule has 4 rings (SSSR count). The van der Waals surface area contributed by atoms with Gasteiger partial charge in [-0.25, -0.2) is 0 Å². The van der Waals surface area contributed by atoms with Crippen molar-refractivity contribution in [3.63, 3.8) is 0 Å². The number of anilines is 1. The van der Waals surface area contributed by atoms with E-state index in [9.17, 15) is 14.4 Å². The number of carbonyl (C=O) groups is 3. The Morgan fingerprint density at radius 1 is 0.931 bits per heavy atom. The van der Waals surface area contributed by atoms with Crippen molar-refractivity contribution in [1.29, 1.82) is 0 Å². The van der Waals surface area contributed by atoms with Crippen molar-refractivity contribution in [2.24, 2.45) is 0 Å². The zero-order valence-corrected chi connectivity index (χ0v) is 16.1. The molecule has 29 heavy (non-hydrogen) atoms. The number of rotatable bonds is 4. The van der Waals surface area contributed by atoms with E-state index in [4.69, 9.17) is 4.42 Å². The molecule has 2 aromatic rings. The van der Waals surface area contributed by atoms with Crippen molar-refractivity contribution >= 4 is 23.9 Å². The quantitative estimate of drug-likeness (QED) is 0.700. The number of hydrogen-bond acceptors (Lipinski definition) is 6. The normalized spacial score (nSPS) is 17.4. The number of pyridine rings is 1. The molecule has 0 bridgehead atoms. The van der Waals surface area contributed by atoms with Gasteiger partial charge in [0.25, 0.3) is 11.8 Å². The van der Waals surface area contributed by atoms with E-state index in [1.165, 1.54) is 6.26 Å². The van der Waals surface area contributed by atoms with E-state index in [1.54, 1.807) is 39.2 Å². The van der Waals surface area contributed by atoms with Gasteiger partial charge < -0.3 is 24.0 Å². The Morgan fingerprint density at radius 2 is 1.62 bits per heavy atom.